The molecule has 98 valence electrons. The first-order valence-electron chi connectivity index (χ1n) is 6.73. The molecule has 1 aliphatic carbocycles. The lowest BCUT2D eigenvalue weighted by molar-refractivity contribution is 0.214. The maximum atomic E-state index is 5.63. The molecule has 0 aromatic rings. The molecule has 0 saturated heterocycles. The highest BCUT2D eigenvalue weighted by atomic mass is 28.3. The third-order valence-corrected chi connectivity index (χ3v) is 4.77. The van der Waals surface area contributed by atoms with E-state index in [9.17, 15) is 0 Å². The van der Waals surface area contributed by atoms with Crippen molar-refractivity contribution in [1.82, 2.24) is 0 Å². The van der Waals surface area contributed by atoms with Crippen molar-refractivity contribution in [2.24, 2.45) is 5.73 Å². The summed E-state index contributed by atoms with van der Waals surface area (Å²) < 4.78 is 10.7. The molecule has 0 aromatic heterocycles. The monoisotopic (exact) mass is 247 g/mol. The SMILES string of the molecule is CCO[SiH](CC)OCC.NC1CCCCC1. The summed E-state index contributed by atoms with van der Waals surface area (Å²) in [5, 5.41) is 0. The molecule has 1 aliphatic rings. The van der Waals surface area contributed by atoms with Crippen molar-refractivity contribution in [2.75, 3.05) is 13.2 Å². The lowest BCUT2D eigenvalue weighted by atomic mass is 9.97. The van der Waals surface area contributed by atoms with Crippen molar-refractivity contribution in [3.8, 4) is 0 Å². The summed E-state index contributed by atoms with van der Waals surface area (Å²) >= 11 is 0. The summed E-state index contributed by atoms with van der Waals surface area (Å²) in [7, 11) is -1.21. The van der Waals surface area contributed by atoms with E-state index >= 15 is 0 Å². The van der Waals surface area contributed by atoms with Gasteiger partial charge in [-0.15, -0.1) is 0 Å². The fourth-order valence-electron chi connectivity index (χ4n) is 1.79. The van der Waals surface area contributed by atoms with Gasteiger partial charge in [0.15, 0.2) is 0 Å². The average Bonchev–Trinajstić information content (AvgIpc) is 2.30. The van der Waals surface area contributed by atoms with Crippen LogP contribution >= 0.6 is 0 Å². The van der Waals surface area contributed by atoms with E-state index in [1.165, 1.54) is 32.1 Å². The Balaban J connectivity index is 0.000000288. The lowest BCUT2D eigenvalue weighted by Gasteiger charge is -2.15. The van der Waals surface area contributed by atoms with Gasteiger partial charge in [-0.2, -0.15) is 0 Å². The van der Waals surface area contributed by atoms with Gasteiger partial charge >= 0.3 is 9.28 Å². The van der Waals surface area contributed by atoms with Gasteiger partial charge in [0.05, 0.1) is 0 Å². The van der Waals surface area contributed by atoms with Gasteiger partial charge in [0.25, 0.3) is 0 Å². The minimum absolute atomic E-state index is 0.536. The Morgan fingerprint density at radius 3 is 1.75 bits per heavy atom. The zero-order chi connectivity index (χ0) is 12.2. The van der Waals surface area contributed by atoms with Crippen LogP contribution in [0.1, 0.15) is 52.9 Å². The summed E-state index contributed by atoms with van der Waals surface area (Å²) in [6.07, 6.45) is 6.66. The molecule has 1 fully saturated rings. The van der Waals surface area contributed by atoms with Crippen LogP contribution in [0.3, 0.4) is 0 Å². The van der Waals surface area contributed by atoms with Gasteiger partial charge in [-0.25, -0.2) is 0 Å². The third-order valence-electron chi connectivity index (χ3n) is 2.69. The first-order chi connectivity index (χ1) is 7.74. The second kappa shape index (κ2) is 11.6. The van der Waals surface area contributed by atoms with Gasteiger partial charge in [0.2, 0.25) is 0 Å². The maximum absolute atomic E-state index is 5.63. The third kappa shape index (κ3) is 9.33. The van der Waals surface area contributed by atoms with Crippen LogP contribution in [-0.4, -0.2) is 28.5 Å². The molecule has 4 heteroatoms. The van der Waals surface area contributed by atoms with Crippen LogP contribution < -0.4 is 5.73 Å². The van der Waals surface area contributed by atoms with Crippen molar-refractivity contribution in [2.45, 2.75) is 65.0 Å². The first-order valence-corrected chi connectivity index (χ1v) is 8.49. The summed E-state index contributed by atoms with van der Waals surface area (Å²) in [4.78, 5) is 0. The largest absolute Gasteiger partial charge is 0.397 e. The van der Waals surface area contributed by atoms with Crippen LogP contribution in [0.2, 0.25) is 6.04 Å². The molecule has 1 saturated carbocycles. The summed E-state index contributed by atoms with van der Waals surface area (Å²) in [5.41, 5.74) is 5.63. The minimum atomic E-state index is -1.21. The van der Waals surface area contributed by atoms with E-state index in [0.29, 0.717) is 6.04 Å². The number of hydrogen-bond acceptors (Lipinski definition) is 3. The van der Waals surface area contributed by atoms with Crippen molar-refractivity contribution in [1.29, 1.82) is 0 Å². The predicted octanol–water partition coefficient (Wildman–Crippen LogP) is 2.58. The highest BCUT2D eigenvalue weighted by Gasteiger charge is 2.06. The molecule has 0 spiro atoms. The van der Waals surface area contributed by atoms with Crippen LogP contribution in [0.25, 0.3) is 0 Å². The summed E-state index contributed by atoms with van der Waals surface area (Å²) in [5.74, 6) is 0. The summed E-state index contributed by atoms with van der Waals surface area (Å²) in [6, 6.07) is 1.61. The van der Waals surface area contributed by atoms with Gasteiger partial charge in [0.1, 0.15) is 0 Å². The van der Waals surface area contributed by atoms with E-state index < -0.39 is 9.28 Å². The van der Waals surface area contributed by atoms with Gasteiger partial charge in [0, 0.05) is 19.3 Å². The normalized spacial score (nSPS) is 17.1. The smallest absolute Gasteiger partial charge is 0.321 e. The lowest BCUT2D eigenvalue weighted by Crippen LogP contribution is -2.22. The fourth-order valence-corrected chi connectivity index (χ4v) is 3.10. The molecule has 3 nitrogen and oxygen atoms in total. The van der Waals surface area contributed by atoms with Crippen molar-refractivity contribution in [3.05, 3.63) is 0 Å². The van der Waals surface area contributed by atoms with Gasteiger partial charge < -0.3 is 14.6 Å². The van der Waals surface area contributed by atoms with Gasteiger partial charge in [-0.3, -0.25) is 0 Å². The molecule has 0 aromatic carbocycles. The molecule has 0 heterocycles. The zero-order valence-electron chi connectivity index (χ0n) is 11.2. The predicted molar refractivity (Wildman–Crippen MR) is 71.9 cm³/mol. The fraction of sp³-hybridized carbons (Fsp3) is 1.00. The molecule has 0 amide bonds. The van der Waals surface area contributed by atoms with Crippen LogP contribution in [0.15, 0.2) is 0 Å². The Morgan fingerprint density at radius 2 is 1.50 bits per heavy atom. The first kappa shape index (κ1) is 16.1. The van der Waals surface area contributed by atoms with E-state index in [2.05, 4.69) is 6.92 Å². The van der Waals surface area contributed by atoms with E-state index in [1.807, 2.05) is 13.8 Å². The minimum Gasteiger partial charge on any atom is -0.397 e. The van der Waals surface area contributed by atoms with Crippen LogP contribution in [0, 0.1) is 0 Å². The molecule has 0 radical (unpaired) electrons. The van der Waals surface area contributed by atoms with Crippen molar-refractivity contribution < 1.29 is 8.85 Å². The van der Waals surface area contributed by atoms with E-state index in [4.69, 9.17) is 14.6 Å². The Bertz CT molecular complexity index is 135. The van der Waals surface area contributed by atoms with Crippen molar-refractivity contribution >= 4 is 9.28 Å². The second-order valence-corrected chi connectivity index (χ2v) is 6.49. The topological polar surface area (TPSA) is 44.5 Å². The molecule has 0 aliphatic heterocycles. The van der Waals surface area contributed by atoms with Crippen molar-refractivity contribution in [3.63, 3.8) is 0 Å². The molecular formula is C12H29NO2Si. The Hall–Kier alpha value is 0.0969. The quantitative estimate of drug-likeness (QED) is 0.760. The molecule has 0 atom stereocenters. The number of rotatable bonds is 5. The zero-order valence-corrected chi connectivity index (χ0v) is 12.4. The van der Waals surface area contributed by atoms with Gasteiger partial charge in [-0.1, -0.05) is 26.2 Å². The molecular weight excluding hydrogens is 218 g/mol. The second-order valence-electron chi connectivity index (χ2n) is 4.15. The van der Waals surface area contributed by atoms with Crippen LogP contribution in [0.4, 0.5) is 0 Å². The Labute approximate surface area is 103 Å². The molecule has 1 rings (SSSR count). The molecule has 0 unspecified atom stereocenters. The molecule has 2 N–H and O–H groups in total. The standard InChI is InChI=1S/C6H13N.C6H16O2Si/c7-6-4-2-1-3-5-6;1-4-7-9(6-3)8-5-2/h6H,1-5,7H2;9H,4-6H2,1-3H3. The highest BCUT2D eigenvalue weighted by Crippen LogP contribution is 2.14. The van der Waals surface area contributed by atoms with Crippen LogP contribution in [-0.2, 0) is 8.85 Å². The number of hydrogen-bond donors (Lipinski definition) is 1. The van der Waals surface area contributed by atoms with Gasteiger partial charge in [-0.05, 0) is 32.7 Å². The Morgan fingerprint density at radius 1 is 1.00 bits per heavy atom. The summed E-state index contributed by atoms with van der Waals surface area (Å²) in [6.45, 7) is 7.72. The van der Waals surface area contributed by atoms with Crippen LogP contribution in [0.5, 0.6) is 0 Å². The number of nitrogens with two attached hydrogens (primary N) is 1. The maximum Gasteiger partial charge on any atom is 0.321 e. The average molecular weight is 247 g/mol. The van der Waals surface area contributed by atoms with E-state index in [0.717, 1.165) is 19.3 Å². The highest BCUT2D eigenvalue weighted by molar-refractivity contribution is 6.44. The van der Waals surface area contributed by atoms with E-state index in [-0.39, 0.29) is 0 Å². The molecule has 0 bridgehead atoms. The van der Waals surface area contributed by atoms with E-state index in [1.54, 1.807) is 0 Å². The Kier molecular flexibility index (Phi) is 11.6. The molecule has 16 heavy (non-hydrogen) atoms.